The summed E-state index contributed by atoms with van der Waals surface area (Å²) in [5.74, 6) is 0. The number of carbonyl (C=O) groups is 1. The average Bonchev–Trinajstić information content (AvgIpc) is 2.59. The van der Waals surface area contributed by atoms with Gasteiger partial charge in [0.15, 0.2) is 0 Å². The van der Waals surface area contributed by atoms with E-state index in [2.05, 4.69) is 5.32 Å². The van der Waals surface area contributed by atoms with Crippen LogP contribution in [0.2, 0.25) is 0 Å². The van der Waals surface area contributed by atoms with Crippen molar-refractivity contribution in [1.29, 1.82) is 0 Å². The van der Waals surface area contributed by atoms with Crippen LogP contribution in [0.1, 0.15) is 24.5 Å². The molecule has 0 fully saturated rings. The Bertz CT molecular complexity index is 572. The van der Waals surface area contributed by atoms with Crippen molar-refractivity contribution in [3.63, 3.8) is 0 Å². The first-order valence-electron chi connectivity index (χ1n) is 7.83. The lowest BCUT2D eigenvalue weighted by Crippen LogP contribution is -2.33. The van der Waals surface area contributed by atoms with E-state index in [9.17, 15) is 4.79 Å². The van der Waals surface area contributed by atoms with Gasteiger partial charge in [-0.25, -0.2) is 4.79 Å². The van der Waals surface area contributed by atoms with Crippen LogP contribution in [0.15, 0.2) is 60.7 Å². The first-order valence-corrected chi connectivity index (χ1v) is 7.83. The maximum atomic E-state index is 11.7. The van der Waals surface area contributed by atoms with E-state index in [0.717, 1.165) is 17.5 Å². The summed E-state index contributed by atoms with van der Waals surface area (Å²) in [5, 5.41) is 2.81. The van der Waals surface area contributed by atoms with E-state index >= 15 is 0 Å². The van der Waals surface area contributed by atoms with Gasteiger partial charge in [0.25, 0.3) is 0 Å². The highest BCUT2D eigenvalue weighted by molar-refractivity contribution is 5.67. The van der Waals surface area contributed by atoms with Gasteiger partial charge in [0.05, 0.1) is 6.61 Å². The minimum atomic E-state index is -0.399. The number of carbonyl (C=O) groups excluding carboxylic acids is 1. The van der Waals surface area contributed by atoms with Crippen LogP contribution in [-0.4, -0.2) is 18.7 Å². The van der Waals surface area contributed by atoms with E-state index in [1.165, 1.54) is 0 Å². The maximum absolute atomic E-state index is 11.7. The summed E-state index contributed by atoms with van der Waals surface area (Å²) in [6.45, 7) is 3.40. The molecule has 0 aromatic heterocycles. The molecule has 0 heterocycles. The fourth-order valence-corrected chi connectivity index (χ4v) is 2.06. The zero-order valence-electron chi connectivity index (χ0n) is 13.4. The Labute approximate surface area is 137 Å². The van der Waals surface area contributed by atoms with Crippen molar-refractivity contribution >= 4 is 6.09 Å². The second kappa shape index (κ2) is 9.64. The summed E-state index contributed by atoms with van der Waals surface area (Å²) >= 11 is 0. The monoisotopic (exact) mass is 313 g/mol. The molecule has 2 aromatic carbocycles. The van der Waals surface area contributed by atoms with Gasteiger partial charge in [-0.2, -0.15) is 0 Å². The third-order valence-corrected chi connectivity index (χ3v) is 3.38. The molecule has 4 nitrogen and oxygen atoms in total. The lowest BCUT2D eigenvalue weighted by molar-refractivity contribution is 0.107. The Morgan fingerprint density at radius 3 is 2.13 bits per heavy atom. The van der Waals surface area contributed by atoms with Gasteiger partial charge in [0.1, 0.15) is 6.61 Å². The maximum Gasteiger partial charge on any atom is 0.407 e. The highest BCUT2D eigenvalue weighted by Crippen LogP contribution is 2.03. The van der Waals surface area contributed by atoms with E-state index in [4.69, 9.17) is 9.47 Å². The number of nitrogens with one attached hydrogen (secondary N) is 1. The number of ether oxygens (including phenoxy) is 2. The van der Waals surface area contributed by atoms with E-state index in [1.54, 1.807) is 0 Å². The summed E-state index contributed by atoms with van der Waals surface area (Å²) in [4.78, 5) is 11.7. The lowest BCUT2D eigenvalue weighted by atomic mass is 10.2. The molecular weight excluding hydrogens is 290 g/mol. The van der Waals surface area contributed by atoms with Crippen LogP contribution in [-0.2, 0) is 22.7 Å². The first-order chi connectivity index (χ1) is 11.2. The second-order valence-electron chi connectivity index (χ2n) is 5.43. The smallest absolute Gasteiger partial charge is 0.407 e. The van der Waals surface area contributed by atoms with Crippen LogP contribution in [0.5, 0.6) is 0 Å². The summed E-state index contributed by atoms with van der Waals surface area (Å²) in [5.41, 5.74) is 2.12. The topological polar surface area (TPSA) is 47.6 Å². The molecule has 1 amide bonds. The molecule has 0 bridgehead atoms. The number of rotatable bonds is 8. The fourth-order valence-electron chi connectivity index (χ4n) is 2.06. The molecule has 2 aromatic rings. The molecule has 4 heteroatoms. The Hall–Kier alpha value is -2.33. The third kappa shape index (κ3) is 6.98. The largest absolute Gasteiger partial charge is 0.445 e. The molecule has 0 aliphatic rings. The summed E-state index contributed by atoms with van der Waals surface area (Å²) < 4.78 is 10.8. The van der Waals surface area contributed by atoms with Crippen molar-refractivity contribution in [3.8, 4) is 0 Å². The van der Waals surface area contributed by atoms with Gasteiger partial charge >= 0.3 is 6.09 Å². The standard InChI is InChI=1S/C19H23NO3/c1-16(12-13-22-14-17-8-4-2-5-9-17)20-19(21)23-15-18-10-6-3-7-11-18/h2-11,16H,12-15H2,1H3,(H,20,21). The van der Waals surface area contributed by atoms with Gasteiger partial charge in [-0.3, -0.25) is 0 Å². The zero-order chi connectivity index (χ0) is 16.3. The molecule has 2 rings (SSSR count). The number of hydrogen-bond donors (Lipinski definition) is 1. The molecule has 1 unspecified atom stereocenters. The van der Waals surface area contributed by atoms with Gasteiger partial charge in [-0.05, 0) is 24.5 Å². The quantitative estimate of drug-likeness (QED) is 0.752. The van der Waals surface area contributed by atoms with Crippen molar-refractivity contribution in [1.82, 2.24) is 5.32 Å². The highest BCUT2D eigenvalue weighted by atomic mass is 16.5. The van der Waals surface area contributed by atoms with Gasteiger partial charge in [0, 0.05) is 12.6 Å². The van der Waals surface area contributed by atoms with Crippen LogP contribution in [0.3, 0.4) is 0 Å². The molecule has 1 atom stereocenters. The normalized spacial score (nSPS) is 11.7. The van der Waals surface area contributed by atoms with Crippen LogP contribution in [0.4, 0.5) is 4.79 Å². The minimum absolute atomic E-state index is 0.00838. The van der Waals surface area contributed by atoms with E-state index < -0.39 is 6.09 Å². The van der Waals surface area contributed by atoms with Crippen molar-refractivity contribution in [2.24, 2.45) is 0 Å². The van der Waals surface area contributed by atoms with Gasteiger partial charge in [-0.15, -0.1) is 0 Å². The molecule has 122 valence electrons. The molecule has 0 spiro atoms. The molecule has 1 N–H and O–H groups in total. The van der Waals surface area contributed by atoms with E-state index in [1.807, 2.05) is 67.6 Å². The van der Waals surface area contributed by atoms with E-state index in [0.29, 0.717) is 13.2 Å². The van der Waals surface area contributed by atoms with E-state index in [-0.39, 0.29) is 12.6 Å². The SMILES string of the molecule is CC(CCOCc1ccccc1)NC(=O)OCc1ccccc1. The number of amides is 1. The Balaban J connectivity index is 1.57. The molecule has 0 aliphatic carbocycles. The Morgan fingerprint density at radius 2 is 1.52 bits per heavy atom. The van der Waals surface area contributed by atoms with Crippen LogP contribution in [0, 0.1) is 0 Å². The van der Waals surface area contributed by atoms with Gasteiger partial charge in [0.2, 0.25) is 0 Å². The second-order valence-corrected chi connectivity index (χ2v) is 5.43. The molecule has 23 heavy (non-hydrogen) atoms. The molecule has 0 saturated carbocycles. The first kappa shape index (κ1) is 17.0. The Kier molecular flexibility index (Phi) is 7.14. The van der Waals surface area contributed by atoms with Crippen molar-refractivity contribution in [2.45, 2.75) is 32.6 Å². The summed E-state index contributed by atoms with van der Waals surface area (Å²) in [6.07, 6.45) is 0.345. The number of alkyl carbamates (subject to hydrolysis) is 1. The van der Waals surface area contributed by atoms with Crippen LogP contribution < -0.4 is 5.32 Å². The highest BCUT2D eigenvalue weighted by Gasteiger charge is 2.08. The molecular formula is C19H23NO3. The average molecular weight is 313 g/mol. The van der Waals surface area contributed by atoms with Crippen LogP contribution in [0.25, 0.3) is 0 Å². The van der Waals surface area contributed by atoms with Gasteiger partial charge < -0.3 is 14.8 Å². The summed E-state index contributed by atoms with van der Waals surface area (Å²) in [7, 11) is 0. The van der Waals surface area contributed by atoms with Crippen molar-refractivity contribution < 1.29 is 14.3 Å². The van der Waals surface area contributed by atoms with Crippen molar-refractivity contribution in [3.05, 3.63) is 71.8 Å². The van der Waals surface area contributed by atoms with Gasteiger partial charge in [-0.1, -0.05) is 60.7 Å². The molecule has 0 saturated heterocycles. The lowest BCUT2D eigenvalue weighted by Gasteiger charge is -2.14. The molecule has 0 aliphatic heterocycles. The van der Waals surface area contributed by atoms with Crippen molar-refractivity contribution in [2.75, 3.05) is 6.61 Å². The predicted octanol–water partition coefficient (Wildman–Crippen LogP) is 3.91. The fraction of sp³-hybridized carbons (Fsp3) is 0.316. The zero-order valence-corrected chi connectivity index (χ0v) is 13.4. The third-order valence-electron chi connectivity index (χ3n) is 3.38. The Morgan fingerprint density at radius 1 is 0.957 bits per heavy atom. The molecule has 0 radical (unpaired) electrons. The number of benzene rings is 2. The number of hydrogen-bond acceptors (Lipinski definition) is 3. The minimum Gasteiger partial charge on any atom is -0.445 e. The summed E-state index contributed by atoms with van der Waals surface area (Å²) in [6, 6.07) is 19.7. The predicted molar refractivity (Wildman–Crippen MR) is 89.9 cm³/mol. The van der Waals surface area contributed by atoms with Crippen LogP contribution >= 0.6 is 0 Å².